The highest BCUT2D eigenvalue weighted by molar-refractivity contribution is 5.62. The summed E-state index contributed by atoms with van der Waals surface area (Å²) in [6.45, 7) is 1.02. The van der Waals surface area contributed by atoms with E-state index in [2.05, 4.69) is 10.1 Å². The first kappa shape index (κ1) is 12.6. The fourth-order valence-electron chi connectivity index (χ4n) is 1.92. The molecule has 102 valence electrons. The Bertz CT molecular complexity index is 695. The summed E-state index contributed by atoms with van der Waals surface area (Å²) in [6.07, 6.45) is 1.90. The number of nitrogens with zero attached hydrogens (tertiary/aromatic N) is 3. The number of hydrogen-bond donors (Lipinski definition) is 0. The molecule has 3 rings (SSSR count). The van der Waals surface area contributed by atoms with Gasteiger partial charge in [-0.3, -0.25) is 0 Å². The van der Waals surface area contributed by atoms with Gasteiger partial charge in [0.1, 0.15) is 6.61 Å². The predicted octanol–water partition coefficient (Wildman–Crippen LogP) is 2.42. The molecule has 20 heavy (non-hydrogen) atoms. The summed E-state index contributed by atoms with van der Waals surface area (Å²) in [5.41, 5.74) is 2.76. The Morgan fingerprint density at radius 1 is 1.05 bits per heavy atom. The van der Waals surface area contributed by atoms with Crippen LogP contribution in [0.5, 0.6) is 5.88 Å². The lowest BCUT2D eigenvalue weighted by atomic mass is 10.2. The van der Waals surface area contributed by atoms with Gasteiger partial charge >= 0.3 is 0 Å². The molecular weight excluding hydrogens is 254 g/mol. The summed E-state index contributed by atoms with van der Waals surface area (Å²) >= 11 is 0. The average Bonchev–Trinajstić information content (AvgIpc) is 2.92. The molecule has 0 bridgehead atoms. The molecule has 0 saturated heterocycles. The lowest BCUT2D eigenvalue weighted by molar-refractivity contribution is 0.143. The van der Waals surface area contributed by atoms with Crippen LogP contribution in [0.25, 0.3) is 16.9 Å². The fourth-order valence-corrected chi connectivity index (χ4v) is 1.92. The molecule has 0 radical (unpaired) electrons. The molecule has 2 aromatic heterocycles. The topological polar surface area (TPSA) is 48.7 Å². The monoisotopic (exact) mass is 269 g/mol. The van der Waals surface area contributed by atoms with Crippen LogP contribution >= 0.6 is 0 Å². The second kappa shape index (κ2) is 5.71. The maximum absolute atomic E-state index is 5.48. The van der Waals surface area contributed by atoms with Gasteiger partial charge in [0.05, 0.1) is 18.5 Å². The number of imidazole rings is 1. The Morgan fingerprint density at radius 3 is 2.70 bits per heavy atom. The average molecular weight is 269 g/mol. The number of fused-ring (bicyclic) bond motifs is 1. The number of hydrogen-bond acceptors (Lipinski definition) is 4. The molecule has 0 atom stereocenters. The molecule has 0 aliphatic rings. The lowest BCUT2D eigenvalue weighted by Gasteiger charge is -2.03. The maximum Gasteiger partial charge on any atom is 0.231 e. The fraction of sp³-hybridized carbons (Fsp3) is 0.200. The third-order valence-corrected chi connectivity index (χ3v) is 2.90. The largest absolute Gasteiger partial charge is 0.474 e. The minimum Gasteiger partial charge on any atom is -0.474 e. The van der Waals surface area contributed by atoms with Crippen LogP contribution in [0, 0.1) is 0 Å². The molecule has 0 unspecified atom stereocenters. The highest BCUT2D eigenvalue weighted by Gasteiger charge is 2.05. The molecule has 3 aromatic rings. The van der Waals surface area contributed by atoms with E-state index < -0.39 is 0 Å². The van der Waals surface area contributed by atoms with Gasteiger partial charge in [0, 0.05) is 18.7 Å². The Morgan fingerprint density at radius 2 is 1.90 bits per heavy atom. The second-order valence-electron chi connectivity index (χ2n) is 4.31. The first-order valence-corrected chi connectivity index (χ1v) is 6.40. The summed E-state index contributed by atoms with van der Waals surface area (Å²) < 4.78 is 12.2. The molecule has 1 aromatic carbocycles. The SMILES string of the molecule is COCCOc1ccc2nc(-c3ccccc3)cn2n1. The van der Waals surface area contributed by atoms with E-state index in [1.165, 1.54) is 0 Å². The molecule has 5 nitrogen and oxygen atoms in total. The van der Waals surface area contributed by atoms with E-state index in [1.807, 2.05) is 48.7 Å². The van der Waals surface area contributed by atoms with Crippen molar-refractivity contribution in [2.75, 3.05) is 20.3 Å². The van der Waals surface area contributed by atoms with Crippen molar-refractivity contribution < 1.29 is 9.47 Å². The van der Waals surface area contributed by atoms with Gasteiger partial charge in [-0.15, -0.1) is 5.10 Å². The number of methoxy groups -OCH3 is 1. The predicted molar refractivity (Wildman–Crippen MR) is 75.8 cm³/mol. The number of benzene rings is 1. The van der Waals surface area contributed by atoms with Gasteiger partial charge in [-0.1, -0.05) is 30.3 Å². The molecule has 0 aliphatic heterocycles. The Kier molecular flexibility index (Phi) is 3.60. The molecule has 0 spiro atoms. The van der Waals surface area contributed by atoms with Crippen molar-refractivity contribution in [1.82, 2.24) is 14.6 Å². The maximum atomic E-state index is 5.48. The lowest BCUT2D eigenvalue weighted by Crippen LogP contribution is -2.06. The Labute approximate surface area is 116 Å². The van der Waals surface area contributed by atoms with Crippen LogP contribution in [-0.4, -0.2) is 34.9 Å². The minimum absolute atomic E-state index is 0.481. The van der Waals surface area contributed by atoms with E-state index in [9.17, 15) is 0 Å². The van der Waals surface area contributed by atoms with Crippen LogP contribution in [0.2, 0.25) is 0 Å². The summed E-state index contributed by atoms with van der Waals surface area (Å²) in [5.74, 6) is 0.562. The minimum atomic E-state index is 0.481. The van der Waals surface area contributed by atoms with Crippen molar-refractivity contribution >= 4 is 5.65 Å². The van der Waals surface area contributed by atoms with E-state index >= 15 is 0 Å². The molecule has 2 heterocycles. The number of aromatic nitrogens is 3. The van der Waals surface area contributed by atoms with Crippen molar-refractivity contribution in [3.8, 4) is 17.1 Å². The van der Waals surface area contributed by atoms with Crippen molar-refractivity contribution in [2.24, 2.45) is 0 Å². The number of ether oxygens (including phenoxy) is 2. The quantitative estimate of drug-likeness (QED) is 0.667. The van der Waals surface area contributed by atoms with Crippen LogP contribution in [-0.2, 0) is 4.74 Å². The summed E-state index contributed by atoms with van der Waals surface area (Å²) in [5, 5.41) is 4.37. The van der Waals surface area contributed by atoms with E-state index in [4.69, 9.17) is 9.47 Å². The summed E-state index contributed by atoms with van der Waals surface area (Å²) in [7, 11) is 1.64. The third-order valence-electron chi connectivity index (χ3n) is 2.90. The van der Waals surface area contributed by atoms with Crippen LogP contribution < -0.4 is 4.74 Å². The van der Waals surface area contributed by atoms with E-state index in [0.717, 1.165) is 16.9 Å². The van der Waals surface area contributed by atoms with Crippen LogP contribution in [0.3, 0.4) is 0 Å². The zero-order valence-corrected chi connectivity index (χ0v) is 11.2. The van der Waals surface area contributed by atoms with Gasteiger partial charge in [-0.25, -0.2) is 9.50 Å². The van der Waals surface area contributed by atoms with Gasteiger partial charge in [0.2, 0.25) is 5.88 Å². The van der Waals surface area contributed by atoms with Gasteiger partial charge in [0.15, 0.2) is 5.65 Å². The van der Waals surface area contributed by atoms with Gasteiger partial charge in [0.25, 0.3) is 0 Å². The van der Waals surface area contributed by atoms with Gasteiger partial charge < -0.3 is 9.47 Å². The van der Waals surface area contributed by atoms with E-state index in [0.29, 0.717) is 19.1 Å². The van der Waals surface area contributed by atoms with Crippen molar-refractivity contribution in [3.63, 3.8) is 0 Å². The van der Waals surface area contributed by atoms with Gasteiger partial charge in [-0.05, 0) is 6.07 Å². The third kappa shape index (κ3) is 2.62. The molecule has 0 N–H and O–H groups in total. The molecule has 0 saturated carbocycles. The van der Waals surface area contributed by atoms with Gasteiger partial charge in [-0.2, -0.15) is 0 Å². The molecule has 0 aliphatic carbocycles. The van der Waals surface area contributed by atoms with Crippen LogP contribution in [0.1, 0.15) is 0 Å². The normalized spacial score (nSPS) is 10.8. The first-order chi connectivity index (χ1) is 9.86. The Hall–Kier alpha value is -2.40. The zero-order valence-electron chi connectivity index (χ0n) is 11.2. The standard InChI is InChI=1S/C15H15N3O2/c1-19-9-10-20-15-8-7-14-16-13(11-18(14)17-15)12-5-3-2-4-6-12/h2-8,11H,9-10H2,1H3. The molecule has 0 amide bonds. The zero-order chi connectivity index (χ0) is 13.8. The van der Waals surface area contributed by atoms with E-state index in [-0.39, 0.29) is 0 Å². The summed E-state index contributed by atoms with van der Waals surface area (Å²) in [6, 6.07) is 13.7. The first-order valence-electron chi connectivity index (χ1n) is 6.40. The summed E-state index contributed by atoms with van der Waals surface area (Å²) in [4.78, 5) is 4.54. The Balaban J connectivity index is 1.88. The van der Waals surface area contributed by atoms with E-state index in [1.54, 1.807) is 11.6 Å². The smallest absolute Gasteiger partial charge is 0.231 e. The van der Waals surface area contributed by atoms with Crippen LogP contribution in [0.15, 0.2) is 48.7 Å². The highest BCUT2D eigenvalue weighted by atomic mass is 16.5. The van der Waals surface area contributed by atoms with Crippen molar-refractivity contribution in [3.05, 3.63) is 48.7 Å². The van der Waals surface area contributed by atoms with Crippen molar-refractivity contribution in [1.29, 1.82) is 0 Å². The second-order valence-corrected chi connectivity index (χ2v) is 4.31. The highest BCUT2D eigenvalue weighted by Crippen LogP contribution is 2.19. The molecule has 0 fully saturated rings. The van der Waals surface area contributed by atoms with Crippen molar-refractivity contribution in [2.45, 2.75) is 0 Å². The van der Waals surface area contributed by atoms with Crippen LogP contribution in [0.4, 0.5) is 0 Å². The number of rotatable bonds is 5. The molecule has 5 heteroatoms. The molecular formula is C15H15N3O2.